The van der Waals surface area contributed by atoms with Crippen molar-refractivity contribution in [2.45, 2.75) is 0 Å². The second kappa shape index (κ2) is 9.36. The first-order valence-corrected chi connectivity index (χ1v) is 7.23. The minimum atomic E-state index is -0.991. The van der Waals surface area contributed by atoms with Gasteiger partial charge in [0.15, 0.2) is 0 Å². The van der Waals surface area contributed by atoms with Crippen LogP contribution in [-0.2, 0) is 4.79 Å². The standard InChI is InChI=1S/C16H13Cl3O3/c1-22-13-10-12(17)11(15(18)16(13)19)8-6-4-2-3-5-7-9-14(20)21/h2-10H,1H3,(H,20,21). The van der Waals surface area contributed by atoms with Gasteiger partial charge in [0.1, 0.15) is 10.8 Å². The van der Waals surface area contributed by atoms with E-state index < -0.39 is 5.97 Å². The second-order valence-electron chi connectivity index (χ2n) is 3.93. The van der Waals surface area contributed by atoms with Crippen molar-refractivity contribution in [3.63, 3.8) is 0 Å². The molecule has 0 spiro atoms. The zero-order valence-electron chi connectivity index (χ0n) is 11.6. The number of hydrogen-bond acceptors (Lipinski definition) is 2. The molecule has 22 heavy (non-hydrogen) atoms. The predicted molar refractivity (Wildman–Crippen MR) is 92.1 cm³/mol. The monoisotopic (exact) mass is 358 g/mol. The summed E-state index contributed by atoms with van der Waals surface area (Å²) in [7, 11) is 1.48. The van der Waals surface area contributed by atoms with Crippen LogP contribution in [0.25, 0.3) is 6.08 Å². The van der Waals surface area contributed by atoms with Crippen LogP contribution in [0.4, 0.5) is 0 Å². The molecule has 1 aromatic rings. The summed E-state index contributed by atoms with van der Waals surface area (Å²) in [6.45, 7) is 0. The Hall–Kier alpha value is -1.68. The van der Waals surface area contributed by atoms with Crippen LogP contribution >= 0.6 is 34.8 Å². The molecule has 1 N–H and O–H groups in total. The van der Waals surface area contributed by atoms with E-state index >= 15 is 0 Å². The van der Waals surface area contributed by atoms with Gasteiger partial charge >= 0.3 is 5.97 Å². The number of hydrogen-bond donors (Lipinski definition) is 1. The van der Waals surface area contributed by atoms with Crippen LogP contribution in [0.15, 0.2) is 48.6 Å². The number of carboxylic acid groups (broad SMARTS) is 1. The molecule has 0 amide bonds. The molecule has 0 bridgehead atoms. The summed E-state index contributed by atoms with van der Waals surface area (Å²) < 4.78 is 5.06. The van der Waals surface area contributed by atoms with Gasteiger partial charge in [-0.25, -0.2) is 4.79 Å². The van der Waals surface area contributed by atoms with Gasteiger partial charge < -0.3 is 9.84 Å². The highest BCUT2D eigenvalue weighted by Gasteiger charge is 2.12. The highest BCUT2D eigenvalue weighted by atomic mass is 35.5. The molecule has 0 heterocycles. The molecule has 0 aliphatic heterocycles. The van der Waals surface area contributed by atoms with Gasteiger partial charge in [0.2, 0.25) is 0 Å². The van der Waals surface area contributed by atoms with E-state index in [4.69, 9.17) is 44.6 Å². The third-order valence-electron chi connectivity index (χ3n) is 2.44. The average molecular weight is 360 g/mol. The lowest BCUT2D eigenvalue weighted by Crippen LogP contribution is -1.88. The van der Waals surface area contributed by atoms with E-state index in [1.807, 2.05) is 0 Å². The van der Waals surface area contributed by atoms with Gasteiger partial charge in [-0.15, -0.1) is 0 Å². The third-order valence-corrected chi connectivity index (χ3v) is 3.62. The molecule has 6 heteroatoms. The minimum Gasteiger partial charge on any atom is -0.495 e. The molecule has 0 aromatic heterocycles. The molecule has 0 unspecified atom stereocenters. The normalized spacial score (nSPS) is 12.2. The maximum atomic E-state index is 10.2. The maximum absolute atomic E-state index is 10.2. The zero-order valence-corrected chi connectivity index (χ0v) is 13.9. The number of methoxy groups -OCH3 is 1. The summed E-state index contributed by atoms with van der Waals surface area (Å²) >= 11 is 18.3. The third kappa shape index (κ3) is 5.60. The van der Waals surface area contributed by atoms with Crippen molar-refractivity contribution >= 4 is 46.8 Å². The van der Waals surface area contributed by atoms with Crippen LogP contribution in [0.1, 0.15) is 5.56 Å². The van der Waals surface area contributed by atoms with Crippen molar-refractivity contribution in [2.24, 2.45) is 0 Å². The lowest BCUT2D eigenvalue weighted by Gasteiger charge is -2.09. The quantitative estimate of drug-likeness (QED) is 0.419. The van der Waals surface area contributed by atoms with Gasteiger partial charge in [0, 0.05) is 17.7 Å². The molecule has 1 aromatic carbocycles. The number of aliphatic carboxylic acids is 1. The topological polar surface area (TPSA) is 46.5 Å². The molecule has 0 saturated carbocycles. The number of benzene rings is 1. The molecule has 0 aliphatic rings. The van der Waals surface area contributed by atoms with E-state index in [1.165, 1.54) is 13.2 Å². The average Bonchev–Trinajstić information content (AvgIpc) is 2.48. The van der Waals surface area contributed by atoms with Crippen molar-refractivity contribution in [3.8, 4) is 5.75 Å². The Bertz CT molecular complexity index is 659. The zero-order chi connectivity index (χ0) is 16.5. The van der Waals surface area contributed by atoms with E-state index in [-0.39, 0.29) is 0 Å². The summed E-state index contributed by atoms with van der Waals surface area (Å²) in [5.74, 6) is -0.577. The van der Waals surface area contributed by atoms with Crippen molar-refractivity contribution in [1.29, 1.82) is 0 Å². The molecule has 116 valence electrons. The van der Waals surface area contributed by atoms with Crippen molar-refractivity contribution < 1.29 is 14.6 Å². The molecule has 3 nitrogen and oxygen atoms in total. The predicted octanol–water partition coefficient (Wildman–Crippen LogP) is 5.42. The van der Waals surface area contributed by atoms with E-state index in [0.717, 1.165) is 6.08 Å². The van der Waals surface area contributed by atoms with E-state index in [1.54, 1.807) is 42.5 Å². The van der Waals surface area contributed by atoms with E-state index in [9.17, 15) is 4.79 Å². The Balaban J connectivity index is 2.79. The Morgan fingerprint density at radius 3 is 2.23 bits per heavy atom. The van der Waals surface area contributed by atoms with Gasteiger partial charge in [-0.3, -0.25) is 0 Å². The fourth-order valence-electron chi connectivity index (χ4n) is 1.44. The van der Waals surface area contributed by atoms with Crippen LogP contribution < -0.4 is 4.74 Å². The molecule has 1 rings (SSSR count). The van der Waals surface area contributed by atoms with Gasteiger partial charge in [-0.2, -0.15) is 0 Å². The van der Waals surface area contributed by atoms with Crippen LogP contribution in [-0.4, -0.2) is 18.2 Å². The number of carbonyl (C=O) groups is 1. The molecule has 0 radical (unpaired) electrons. The maximum Gasteiger partial charge on any atom is 0.328 e. The first kappa shape index (κ1) is 18.4. The van der Waals surface area contributed by atoms with Crippen molar-refractivity contribution in [2.75, 3.05) is 7.11 Å². The molecule has 0 atom stereocenters. The number of carboxylic acids is 1. The van der Waals surface area contributed by atoms with Gasteiger partial charge in [-0.05, 0) is 0 Å². The SMILES string of the molecule is COc1cc(Cl)c(C=CC=CC=CC=CC(=O)O)c(Cl)c1Cl. The second-order valence-corrected chi connectivity index (χ2v) is 5.09. The Morgan fingerprint density at radius 2 is 1.64 bits per heavy atom. The molecule has 0 saturated heterocycles. The number of halogens is 3. The first-order valence-electron chi connectivity index (χ1n) is 6.10. The summed E-state index contributed by atoms with van der Waals surface area (Å²) in [4.78, 5) is 10.2. The molecular weight excluding hydrogens is 347 g/mol. The highest BCUT2D eigenvalue weighted by Crippen LogP contribution is 2.39. The summed E-state index contributed by atoms with van der Waals surface area (Å²) in [6.07, 6.45) is 12.7. The lowest BCUT2D eigenvalue weighted by atomic mass is 10.2. The summed E-state index contributed by atoms with van der Waals surface area (Å²) in [5.41, 5.74) is 0.591. The van der Waals surface area contributed by atoms with Crippen LogP contribution in [0.5, 0.6) is 5.75 Å². The molecule has 0 fully saturated rings. The van der Waals surface area contributed by atoms with Gasteiger partial charge in [0.05, 0.1) is 17.2 Å². The largest absolute Gasteiger partial charge is 0.495 e. The van der Waals surface area contributed by atoms with Gasteiger partial charge in [-0.1, -0.05) is 77.3 Å². The number of ether oxygens (including phenoxy) is 1. The highest BCUT2D eigenvalue weighted by molar-refractivity contribution is 6.45. The molecular formula is C16H13Cl3O3. The Labute approximate surface area is 143 Å². The van der Waals surface area contributed by atoms with Crippen LogP contribution in [0.3, 0.4) is 0 Å². The number of rotatable bonds is 6. The van der Waals surface area contributed by atoms with Crippen LogP contribution in [0, 0.1) is 0 Å². The summed E-state index contributed by atoms with van der Waals surface area (Å²) in [6, 6.07) is 1.59. The molecule has 0 aliphatic carbocycles. The van der Waals surface area contributed by atoms with E-state index in [0.29, 0.717) is 26.4 Å². The fourth-order valence-corrected chi connectivity index (χ4v) is 2.23. The van der Waals surface area contributed by atoms with E-state index in [2.05, 4.69) is 0 Å². The number of allylic oxidation sites excluding steroid dienone is 6. The Morgan fingerprint density at radius 1 is 1.05 bits per heavy atom. The summed E-state index contributed by atoms with van der Waals surface area (Å²) in [5, 5.41) is 9.44. The van der Waals surface area contributed by atoms with Crippen LogP contribution in [0.2, 0.25) is 15.1 Å². The van der Waals surface area contributed by atoms with Gasteiger partial charge in [0.25, 0.3) is 0 Å². The van der Waals surface area contributed by atoms with Crippen molar-refractivity contribution in [1.82, 2.24) is 0 Å². The minimum absolute atomic E-state index is 0.302. The smallest absolute Gasteiger partial charge is 0.328 e. The first-order chi connectivity index (χ1) is 10.5. The fraction of sp³-hybridized carbons (Fsp3) is 0.0625. The Kier molecular flexibility index (Phi) is 7.82. The lowest BCUT2D eigenvalue weighted by molar-refractivity contribution is -0.131. The van der Waals surface area contributed by atoms with Crippen molar-refractivity contribution in [3.05, 3.63) is 69.2 Å².